The highest BCUT2D eigenvalue weighted by atomic mass is 16.5. The molecule has 5 heteroatoms. The third kappa shape index (κ3) is 3.74. The van der Waals surface area contributed by atoms with Crippen molar-refractivity contribution >= 4 is 11.8 Å². The van der Waals surface area contributed by atoms with Crippen molar-refractivity contribution in [1.82, 2.24) is 10.2 Å². The molecule has 1 heterocycles. The van der Waals surface area contributed by atoms with E-state index in [9.17, 15) is 9.59 Å². The number of hydrogen-bond acceptors (Lipinski definition) is 3. The number of methoxy groups -OCH3 is 1. The van der Waals surface area contributed by atoms with E-state index in [0.29, 0.717) is 13.0 Å². The zero-order chi connectivity index (χ0) is 16.9. The van der Waals surface area contributed by atoms with Gasteiger partial charge in [0.15, 0.2) is 0 Å². The lowest BCUT2D eigenvalue weighted by Gasteiger charge is -2.32. The molecule has 0 bridgehead atoms. The fourth-order valence-corrected chi connectivity index (χ4v) is 2.88. The highest BCUT2D eigenvalue weighted by molar-refractivity contribution is 5.95. The van der Waals surface area contributed by atoms with Gasteiger partial charge in [0.2, 0.25) is 11.8 Å². The van der Waals surface area contributed by atoms with E-state index in [1.54, 1.807) is 12.0 Å². The van der Waals surface area contributed by atoms with Crippen LogP contribution in [0.4, 0.5) is 0 Å². The number of ether oxygens (including phenoxy) is 1. The average molecular weight is 324 g/mol. The Balaban J connectivity index is 1.73. The quantitative estimate of drug-likeness (QED) is 0.912. The molecule has 2 aromatic carbocycles. The Kier molecular flexibility index (Phi) is 4.79. The number of piperazine rings is 1. The van der Waals surface area contributed by atoms with Crippen molar-refractivity contribution in [2.24, 2.45) is 0 Å². The highest BCUT2D eigenvalue weighted by Gasteiger charge is 2.32. The van der Waals surface area contributed by atoms with Crippen molar-refractivity contribution in [2.75, 3.05) is 13.7 Å². The van der Waals surface area contributed by atoms with Crippen LogP contribution < -0.4 is 10.1 Å². The summed E-state index contributed by atoms with van der Waals surface area (Å²) in [7, 11) is 1.61. The third-order valence-electron chi connectivity index (χ3n) is 4.07. The summed E-state index contributed by atoms with van der Waals surface area (Å²) in [6, 6.07) is 16.7. The van der Waals surface area contributed by atoms with Crippen LogP contribution in [-0.4, -0.2) is 36.4 Å². The monoisotopic (exact) mass is 324 g/mol. The molecular formula is C19H20N2O3. The molecule has 1 atom stereocenters. The Labute approximate surface area is 141 Å². The number of carbonyl (C=O) groups excluding carboxylic acids is 2. The zero-order valence-corrected chi connectivity index (χ0v) is 13.6. The van der Waals surface area contributed by atoms with Crippen LogP contribution in [0.1, 0.15) is 11.1 Å². The van der Waals surface area contributed by atoms with Crippen LogP contribution in [0, 0.1) is 0 Å². The minimum absolute atomic E-state index is 0.0544. The lowest BCUT2D eigenvalue weighted by molar-refractivity contribution is -0.144. The molecule has 124 valence electrons. The number of benzene rings is 2. The Morgan fingerprint density at radius 3 is 2.58 bits per heavy atom. The number of carbonyl (C=O) groups is 2. The molecular weight excluding hydrogens is 304 g/mol. The van der Waals surface area contributed by atoms with Gasteiger partial charge in [-0.15, -0.1) is 0 Å². The fourth-order valence-electron chi connectivity index (χ4n) is 2.88. The summed E-state index contributed by atoms with van der Waals surface area (Å²) >= 11 is 0. The van der Waals surface area contributed by atoms with Crippen LogP contribution in [0.5, 0.6) is 5.75 Å². The van der Waals surface area contributed by atoms with Gasteiger partial charge in [0.1, 0.15) is 11.8 Å². The van der Waals surface area contributed by atoms with Gasteiger partial charge in [-0.1, -0.05) is 42.5 Å². The van der Waals surface area contributed by atoms with E-state index in [0.717, 1.165) is 16.9 Å². The normalized spacial score (nSPS) is 17.5. The molecule has 1 unspecified atom stereocenters. The van der Waals surface area contributed by atoms with Crippen molar-refractivity contribution in [3.63, 3.8) is 0 Å². The van der Waals surface area contributed by atoms with Gasteiger partial charge in [-0.2, -0.15) is 0 Å². The Bertz CT molecular complexity index is 730. The van der Waals surface area contributed by atoms with Gasteiger partial charge in [-0.25, -0.2) is 0 Å². The first-order chi connectivity index (χ1) is 11.7. The SMILES string of the molecule is COc1cccc(CC2NC(=O)CN(Cc3ccccc3)C2=O)c1. The fraction of sp³-hybridized carbons (Fsp3) is 0.263. The van der Waals surface area contributed by atoms with Crippen LogP contribution in [-0.2, 0) is 22.6 Å². The molecule has 2 aromatic rings. The summed E-state index contributed by atoms with van der Waals surface area (Å²) < 4.78 is 5.21. The van der Waals surface area contributed by atoms with E-state index in [4.69, 9.17) is 4.74 Å². The molecule has 1 aliphatic heterocycles. The molecule has 1 aliphatic rings. The molecule has 1 fully saturated rings. The molecule has 1 N–H and O–H groups in total. The van der Waals surface area contributed by atoms with Crippen molar-refractivity contribution in [1.29, 1.82) is 0 Å². The lowest BCUT2D eigenvalue weighted by atomic mass is 10.0. The van der Waals surface area contributed by atoms with Gasteiger partial charge >= 0.3 is 0 Å². The molecule has 0 saturated carbocycles. The standard InChI is InChI=1S/C19H20N2O3/c1-24-16-9-5-8-15(10-16)11-17-19(23)21(13-18(22)20-17)12-14-6-3-2-4-7-14/h2-10,17H,11-13H2,1H3,(H,20,22). The molecule has 0 radical (unpaired) electrons. The first kappa shape index (κ1) is 16.1. The maximum absolute atomic E-state index is 12.7. The minimum Gasteiger partial charge on any atom is -0.497 e. The second-order valence-electron chi connectivity index (χ2n) is 5.86. The summed E-state index contributed by atoms with van der Waals surface area (Å²) in [6.07, 6.45) is 0.451. The molecule has 3 rings (SSSR count). The number of hydrogen-bond donors (Lipinski definition) is 1. The summed E-state index contributed by atoms with van der Waals surface area (Å²) in [5, 5.41) is 2.80. The summed E-state index contributed by atoms with van der Waals surface area (Å²) in [5.41, 5.74) is 1.97. The van der Waals surface area contributed by atoms with Gasteiger partial charge in [-0.05, 0) is 23.3 Å². The Morgan fingerprint density at radius 2 is 1.83 bits per heavy atom. The summed E-state index contributed by atoms with van der Waals surface area (Å²) in [4.78, 5) is 26.3. The van der Waals surface area contributed by atoms with E-state index >= 15 is 0 Å². The molecule has 2 amide bonds. The van der Waals surface area contributed by atoms with Gasteiger partial charge in [0, 0.05) is 13.0 Å². The second-order valence-corrected chi connectivity index (χ2v) is 5.86. The first-order valence-electron chi connectivity index (χ1n) is 7.90. The number of amides is 2. The molecule has 0 spiro atoms. The third-order valence-corrected chi connectivity index (χ3v) is 4.07. The Morgan fingerprint density at radius 1 is 1.08 bits per heavy atom. The molecule has 5 nitrogen and oxygen atoms in total. The second kappa shape index (κ2) is 7.17. The van der Waals surface area contributed by atoms with Crippen LogP contribution in [0.3, 0.4) is 0 Å². The van der Waals surface area contributed by atoms with E-state index in [-0.39, 0.29) is 18.4 Å². The number of nitrogens with one attached hydrogen (secondary N) is 1. The topological polar surface area (TPSA) is 58.6 Å². The summed E-state index contributed by atoms with van der Waals surface area (Å²) in [5.74, 6) is 0.558. The zero-order valence-electron chi connectivity index (χ0n) is 13.6. The van der Waals surface area contributed by atoms with E-state index in [1.807, 2.05) is 54.6 Å². The average Bonchev–Trinajstić information content (AvgIpc) is 2.60. The van der Waals surface area contributed by atoms with Crippen LogP contribution in [0.2, 0.25) is 0 Å². The van der Waals surface area contributed by atoms with Crippen LogP contribution in [0.15, 0.2) is 54.6 Å². The van der Waals surface area contributed by atoms with Crippen molar-refractivity contribution in [3.8, 4) is 5.75 Å². The number of rotatable bonds is 5. The summed E-state index contributed by atoms with van der Waals surface area (Å²) in [6.45, 7) is 0.546. The Hall–Kier alpha value is -2.82. The maximum atomic E-state index is 12.7. The van der Waals surface area contributed by atoms with Gasteiger partial charge in [-0.3, -0.25) is 9.59 Å². The maximum Gasteiger partial charge on any atom is 0.246 e. The van der Waals surface area contributed by atoms with Gasteiger partial charge < -0.3 is 15.0 Å². The molecule has 1 saturated heterocycles. The largest absolute Gasteiger partial charge is 0.497 e. The first-order valence-corrected chi connectivity index (χ1v) is 7.90. The van der Waals surface area contributed by atoms with E-state index < -0.39 is 6.04 Å². The van der Waals surface area contributed by atoms with Crippen LogP contribution in [0.25, 0.3) is 0 Å². The predicted octanol–water partition coefficient (Wildman–Crippen LogP) is 1.76. The van der Waals surface area contributed by atoms with Crippen molar-refractivity contribution < 1.29 is 14.3 Å². The van der Waals surface area contributed by atoms with Crippen LogP contribution >= 0.6 is 0 Å². The molecule has 24 heavy (non-hydrogen) atoms. The number of nitrogens with zero attached hydrogens (tertiary/aromatic N) is 1. The molecule has 0 aliphatic carbocycles. The van der Waals surface area contributed by atoms with Gasteiger partial charge in [0.05, 0.1) is 13.7 Å². The lowest BCUT2D eigenvalue weighted by Crippen LogP contribution is -2.58. The van der Waals surface area contributed by atoms with Crippen molar-refractivity contribution in [2.45, 2.75) is 19.0 Å². The van der Waals surface area contributed by atoms with E-state index in [2.05, 4.69) is 5.32 Å². The van der Waals surface area contributed by atoms with Crippen molar-refractivity contribution in [3.05, 3.63) is 65.7 Å². The predicted molar refractivity (Wildman–Crippen MR) is 90.5 cm³/mol. The minimum atomic E-state index is -0.540. The molecule has 0 aromatic heterocycles. The highest BCUT2D eigenvalue weighted by Crippen LogP contribution is 2.17. The smallest absolute Gasteiger partial charge is 0.246 e. The van der Waals surface area contributed by atoms with Gasteiger partial charge in [0.25, 0.3) is 0 Å². The van der Waals surface area contributed by atoms with E-state index in [1.165, 1.54) is 0 Å².